The molecule has 0 saturated carbocycles. The van der Waals surface area contributed by atoms with Crippen molar-refractivity contribution in [2.45, 2.75) is 31.9 Å². The summed E-state index contributed by atoms with van der Waals surface area (Å²) in [7, 11) is 0. The van der Waals surface area contributed by atoms with Crippen LogP contribution in [0.5, 0.6) is 0 Å². The molecule has 0 spiro atoms. The van der Waals surface area contributed by atoms with Crippen LogP contribution in [0.2, 0.25) is 15.1 Å². The summed E-state index contributed by atoms with van der Waals surface area (Å²) in [5.41, 5.74) is 6.37. The maximum Gasteiger partial charge on any atom is 0.286 e. The van der Waals surface area contributed by atoms with Gasteiger partial charge in [-0.1, -0.05) is 53.9 Å². The second-order valence-corrected chi connectivity index (χ2v) is 10.4. The van der Waals surface area contributed by atoms with Gasteiger partial charge in [0.25, 0.3) is 5.91 Å². The Labute approximate surface area is 214 Å². The van der Waals surface area contributed by atoms with Crippen LogP contribution < -0.4 is 5.43 Å². The lowest BCUT2D eigenvalue weighted by molar-refractivity contribution is 0.0789. The van der Waals surface area contributed by atoms with Crippen molar-refractivity contribution in [2.24, 2.45) is 5.92 Å². The fraction of sp³-hybridized carbons (Fsp3) is 0.333. The Hall–Kier alpha value is -1.70. The van der Waals surface area contributed by atoms with E-state index in [1.807, 2.05) is 36.2 Å². The molecule has 2 heterocycles. The van der Waals surface area contributed by atoms with E-state index < -0.39 is 0 Å². The number of nitrogens with one attached hydrogen (secondary N) is 1. The van der Waals surface area contributed by atoms with Crippen LogP contribution in [0.3, 0.4) is 0 Å². The molecule has 9 heteroatoms. The number of benzene rings is 2. The molecule has 0 aliphatic carbocycles. The monoisotopic (exact) mass is 522 g/mol. The van der Waals surface area contributed by atoms with Gasteiger partial charge in [-0.3, -0.25) is 10.2 Å². The third kappa shape index (κ3) is 5.36. The van der Waals surface area contributed by atoms with Crippen molar-refractivity contribution in [3.05, 3.63) is 68.8 Å². The number of amides is 1. The maximum atomic E-state index is 13.3. The zero-order chi connectivity index (χ0) is 23.7. The minimum atomic E-state index is -0.262. The van der Waals surface area contributed by atoms with Gasteiger partial charge in [-0.15, -0.1) is 0 Å². The number of rotatable bonds is 4. The molecule has 1 N–H and O–H groups in total. The van der Waals surface area contributed by atoms with Crippen LogP contribution in [0.25, 0.3) is 16.9 Å². The summed E-state index contributed by atoms with van der Waals surface area (Å²) in [6.07, 6.45) is 2.09. The number of hydrogen-bond acceptors (Lipinski definition) is 4. The molecule has 2 aromatic carbocycles. The first-order valence-electron chi connectivity index (χ1n) is 10.8. The van der Waals surface area contributed by atoms with E-state index in [0.717, 1.165) is 36.2 Å². The minimum absolute atomic E-state index is 0.198. The van der Waals surface area contributed by atoms with E-state index in [1.54, 1.807) is 22.9 Å². The SMILES string of the molecule is Cc1c(C(=O)NN2CCCC(C)C(S)C2)nn(-c2ccc(Cl)cc2Cl)c1-c1ccc(Cl)cc1. The van der Waals surface area contributed by atoms with Gasteiger partial charge in [0.2, 0.25) is 0 Å². The zero-order valence-corrected chi connectivity index (χ0v) is 21.5. The van der Waals surface area contributed by atoms with Crippen LogP contribution in [0.4, 0.5) is 0 Å². The molecule has 1 aromatic heterocycles. The number of thiol groups is 1. The molecule has 5 nitrogen and oxygen atoms in total. The van der Waals surface area contributed by atoms with Crippen molar-refractivity contribution < 1.29 is 4.79 Å². The molecule has 1 aliphatic rings. The molecule has 1 fully saturated rings. The van der Waals surface area contributed by atoms with Crippen molar-refractivity contribution in [1.82, 2.24) is 20.2 Å². The Morgan fingerprint density at radius 2 is 1.82 bits per heavy atom. The molecule has 0 radical (unpaired) electrons. The van der Waals surface area contributed by atoms with E-state index in [0.29, 0.717) is 38.9 Å². The zero-order valence-electron chi connectivity index (χ0n) is 18.4. The van der Waals surface area contributed by atoms with Gasteiger partial charge in [-0.25, -0.2) is 9.69 Å². The lowest BCUT2D eigenvalue weighted by Gasteiger charge is -2.23. The van der Waals surface area contributed by atoms with Crippen LogP contribution in [-0.2, 0) is 0 Å². The Bertz CT molecular complexity index is 1170. The van der Waals surface area contributed by atoms with E-state index in [2.05, 4.69) is 12.3 Å². The Morgan fingerprint density at radius 3 is 2.52 bits per heavy atom. The third-order valence-corrected chi connectivity index (χ3v) is 7.47. The van der Waals surface area contributed by atoms with Gasteiger partial charge in [0, 0.05) is 39.5 Å². The van der Waals surface area contributed by atoms with Gasteiger partial charge in [0.1, 0.15) is 0 Å². The fourth-order valence-corrected chi connectivity index (χ4v) is 5.04. The summed E-state index contributed by atoms with van der Waals surface area (Å²) in [5, 5.41) is 8.42. The van der Waals surface area contributed by atoms with Crippen molar-refractivity contribution >= 4 is 53.3 Å². The molecule has 0 bridgehead atoms. The highest BCUT2D eigenvalue weighted by molar-refractivity contribution is 7.81. The standard InChI is InChI=1S/C24H25Cl3N4OS/c1-14-4-3-11-30(13-21(14)33)29-24(32)22-15(2)23(16-5-7-17(25)8-6-16)31(28-22)20-10-9-18(26)12-19(20)27/h5-10,12,14,21,33H,3-4,11,13H2,1-2H3,(H,29,32). The number of aromatic nitrogens is 2. The van der Waals surface area contributed by atoms with Crippen molar-refractivity contribution in [2.75, 3.05) is 13.1 Å². The van der Waals surface area contributed by atoms with E-state index in [9.17, 15) is 4.79 Å². The second kappa shape index (κ2) is 10.3. The maximum absolute atomic E-state index is 13.3. The number of carbonyl (C=O) groups excluding carboxylic acids is 1. The average Bonchev–Trinajstić information content (AvgIpc) is 3.02. The molecule has 1 saturated heterocycles. The molecule has 1 aliphatic heterocycles. The number of halogens is 3. The topological polar surface area (TPSA) is 50.2 Å². The number of hydrogen-bond donors (Lipinski definition) is 2. The summed E-state index contributed by atoms with van der Waals surface area (Å²) in [6, 6.07) is 12.6. The molecule has 2 unspecified atom stereocenters. The smallest absolute Gasteiger partial charge is 0.283 e. The van der Waals surface area contributed by atoms with Crippen molar-refractivity contribution in [1.29, 1.82) is 0 Å². The highest BCUT2D eigenvalue weighted by Crippen LogP contribution is 2.33. The molecule has 174 valence electrons. The number of hydrazine groups is 1. The van der Waals surface area contributed by atoms with Crippen LogP contribution in [0.1, 0.15) is 35.8 Å². The first-order valence-corrected chi connectivity index (χ1v) is 12.4. The summed E-state index contributed by atoms with van der Waals surface area (Å²) in [6.45, 7) is 5.55. The molecule has 1 amide bonds. The Morgan fingerprint density at radius 1 is 1.12 bits per heavy atom. The van der Waals surface area contributed by atoms with Crippen LogP contribution in [0.15, 0.2) is 42.5 Å². The molecular formula is C24H25Cl3N4OS. The van der Waals surface area contributed by atoms with E-state index in [1.165, 1.54) is 0 Å². The van der Waals surface area contributed by atoms with Crippen LogP contribution in [-0.4, -0.2) is 39.0 Å². The normalized spacial score (nSPS) is 19.3. The van der Waals surface area contributed by atoms with Gasteiger partial charge in [-0.2, -0.15) is 17.7 Å². The molecule has 3 aromatic rings. The summed E-state index contributed by atoms with van der Waals surface area (Å²) >= 11 is 23.4. The highest BCUT2D eigenvalue weighted by atomic mass is 35.5. The first kappa shape index (κ1) is 24.4. The van der Waals surface area contributed by atoms with E-state index in [4.69, 9.17) is 52.5 Å². The van der Waals surface area contributed by atoms with Crippen LogP contribution >= 0.6 is 47.4 Å². The highest BCUT2D eigenvalue weighted by Gasteiger charge is 2.27. The van der Waals surface area contributed by atoms with Gasteiger partial charge in [0.05, 0.1) is 16.4 Å². The van der Waals surface area contributed by atoms with Gasteiger partial charge >= 0.3 is 0 Å². The third-order valence-electron chi connectivity index (χ3n) is 6.00. The van der Waals surface area contributed by atoms with Crippen LogP contribution in [0, 0.1) is 12.8 Å². The quantitative estimate of drug-likeness (QED) is 0.385. The molecule has 33 heavy (non-hydrogen) atoms. The largest absolute Gasteiger partial charge is 0.286 e. The Balaban J connectivity index is 1.74. The molecular weight excluding hydrogens is 499 g/mol. The molecule has 2 atom stereocenters. The van der Waals surface area contributed by atoms with E-state index >= 15 is 0 Å². The van der Waals surface area contributed by atoms with Gasteiger partial charge in [0.15, 0.2) is 5.69 Å². The number of carbonyl (C=O) groups is 1. The van der Waals surface area contributed by atoms with Crippen molar-refractivity contribution in [3.63, 3.8) is 0 Å². The van der Waals surface area contributed by atoms with Gasteiger partial charge < -0.3 is 0 Å². The molecule has 4 rings (SSSR count). The second-order valence-electron chi connectivity index (χ2n) is 8.41. The summed E-state index contributed by atoms with van der Waals surface area (Å²) < 4.78 is 1.69. The average molecular weight is 524 g/mol. The lowest BCUT2D eigenvalue weighted by Crippen LogP contribution is -2.45. The predicted molar refractivity (Wildman–Crippen MR) is 139 cm³/mol. The van der Waals surface area contributed by atoms with Crippen molar-refractivity contribution in [3.8, 4) is 16.9 Å². The first-order chi connectivity index (χ1) is 15.7. The Kier molecular flexibility index (Phi) is 7.61. The lowest BCUT2D eigenvalue weighted by atomic mass is 10.0. The van der Waals surface area contributed by atoms with Gasteiger partial charge in [-0.05, 0) is 56.0 Å². The fourth-order valence-electron chi connectivity index (χ4n) is 4.08. The summed E-state index contributed by atoms with van der Waals surface area (Å²) in [4.78, 5) is 13.3. The van der Waals surface area contributed by atoms with E-state index in [-0.39, 0.29) is 11.2 Å². The minimum Gasteiger partial charge on any atom is -0.283 e. The predicted octanol–water partition coefficient (Wildman–Crippen LogP) is 6.48. The summed E-state index contributed by atoms with van der Waals surface area (Å²) in [5.74, 6) is 0.237. The number of nitrogens with zero attached hydrogens (tertiary/aromatic N) is 3.